The van der Waals surface area contributed by atoms with Crippen molar-refractivity contribution < 1.29 is 0 Å². The van der Waals surface area contributed by atoms with Gasteiger partial charge in [0.2, 0.25) is 0 Å². The van der Waals surface area contributed by atoms with Gasteiger partial charge < -0.3 is 5.32 Å². The molecular weight excluding hydrogens is 687 g/mol. The van der Waals surface area contributed by atoms with Gasteiger partial charge in [0.1, 0.15) is 0 Å². The first-order valence-corrected chi connectivity index (χ1v) is 21.0. The third-order valence-corrected chi connectivity index (χ3v) is 17.8. The Hall–Kier alpha value is -4.44. The van der Waals surface area contributed by atoms with Gasteiger partial charge in [-0.3, -0.25) is 0 Å². The highest BCUT2D eigenvalue weighted by atomic mass is 79.9. The molecule has 0 saturated heterocycles. The van der Waals surface area contributed by atoms with Crippen LogP contribution in [0.15, 0.2) is 161 Å². The lowest BCUT2D eigenvalue weighted by Gasteiger charge is -2.41. The quantitative estimate of drug-likeness (QED) is 0.105. The average Bonchev–Trinajstić information content (AvgIpc) is 3.48. The van der Waals surface area contributed by atoms with E-state index in [0.29, 0.717) is 16.6 Å². The van der Waals surface area contributed by atoms with E-state index in [-0.39, 0.29) is 0 Å². The summed E-state index contributed by atoms with van der Waals surface area (Å²) in [7, 11) is -1.91. The van der Waals surface area contributed by atoms with Gasteiger partial charge in [-0.05, 0) is 109 Å². The highest BCUT2D eigenvalue weighted by Gasteiger charge is 2.42. The van der Waals surface area contributed by atoms with Gasteiger partial charge >= 0.3 is 0 Å². The number of halogens is 1. The fraction of sp³-hybridized carbons (Fsp3) is 0.191. The minimum absolute atomic E-state index is 0.614. The first-order chi connectivity index (χ1) is 24.2. The molecule has 6 rings (SSSR count). The fourth-order valence-corrected chi connectivity index (χ4v) is 14.0. The summed E-state index contributed by atoms with van der Waals surface area (Å²) in [6, 6.07) is 47.7. The van der Waals surface area contributed by atoms with Crippen molar-refractivity contribution in [2.24, 2.45) is 0 Å². The molecule has 1 nitrogen and oxygen atoms in total. The molecule has 5 aromatic rings. The average molecular weight is 735 g/mol. The molecule has 0 spiro atoms. The molecule has 0 aromatic heterocycles. The second kappa shape index (κ2) is 15.6. The summed E-state index contributed by atoms with van der Waals surface area (Å²) in [6.07, 6.45) is 7.12. The summed E-state index contributed by atoms with van der Waals surface area (Å²) in [5, 5.41) is 3.58. The molecule has 0 bridgehead atoms. The highest BCUT2D eigenvalue weighted by molar-refractivity contribution is 9.10. The minimum atomic E-state index is -1.91. The Kier molecular flexibility index (Phi) is 11.1. The van der Waals surface area contributed by atoms with E-state index in [0.717, 1.165) is 15.8 Å². The van der Waals surface area contributed by atoms with Gasteiger partial charge in [-0.2, -0.15) is 0 Å². The number of anilines is 2. The van der Waals surface area contributed by atoms with Crippen molar-refractivity contribution >= 4 is 58.2 Å². The first kappa shape index (κ1) is 35.4. The van der Waals surface area contributed by atoms with Gasteiger partial charge in [0.15, 0.2) is 0 Å². The molecule has 0 aliphatic heterocycles. The second-order valence-corrected chi connectivity index (χ2v) is 20.9. The Morgan fingerprint density at radius 2 is 1.00 bits per heavy atom. The van der Waals surface area contributed by atoms with Crippen LogP contribution in [0.25, 0.3) is 22.8 Å². The van der Waals surface area contributed by atoms with Crippen LogP contribution in [0, 0.1) is 0 Å². The Labute approximate surface area is 309 Å². The molecule has 0 heterocycles. The van der Waals surface area contributed by atoms with Gasteiger partial charge in [0, 0.05) is 15.8 Å². The molecule has 0 atom stereocenters. The number of hydrogen-bond donors (Lipinski definition) is 1. The molecular formula is C47H48BrNSi. The van der Waals surface area contributed by atoms with Crippen LogP contribution in [0.5, 0.6) is 0 Å². The highest BCUT2D eigenvalue weighted by Crippen LogP contribution is 2.49. The van der Waals surface area contributed by atoms with Crippen molar-refractivity contribution in [1.82, 2.24) is 0 Å². The normalized spacial score (nSPS) is 13.9. The Morgan fingerprint density at radius 1 is 0.540 bits per heavy atom. The second-order valence-electron chi connectivity index (χ2n) is 14.3. The third kappa shape index (κ3) is 7.50. The van der Waals surface area contributed by atoms with Crippen molar-refractivity contribution in [1.29, 1.82) is 0 Å². The van der Waals surface area contributed by atoms with E-state index in [1.807, 2.05) is 0 Å². The molecule has 0 radical (unpaired) electrons. The maximum atomic E-state index is 3.58. The molecule has 50 heavy (non-hydrogen) atoms. The van der Waals surface area contributed by atoms with Crippen LogP contribution >= 0.6 is 15.9 Å². The first-order valence-electron chi connectivity index (χ1n) is 17.9. The molecule has 5 aromatic carbocycles. The Morgan fingerprint density at radius 3 is 1.54 bits per heavy atom. The summed E-state index contributed by atoms with van der Waals surface area (Å²) in [4.78, 5) is 0. The molecule has 0 fully saturated rings. The van der Waals surface area contributed by atoms with E-state index in [4.69, 9.17) is 0 Å². The maximum Gasteiger partial charge on any atom is 0.0861 e. The largest absolute Gasteiger partial charge is 0.356 e. The van der Waals surface area contributed by atoms with Crippen molar-refractivity contribution in [2.45, 2.75) is 58.2 Å². The number of allylic oxidation sites excluding steroid dienone is 5. The lowest BCUT2D eigenvalue weighted by Crippen LogP contribution is -2.43. The van der Waals surface area contributed by atoms with E-state index < -0.39 is 8.07 Å². The molecule has 1 N–H and O–H groups in total. The summed E-state index contributed by atoms with van der Waals surface area (Å²) in [5.74, 6) is 0. The van der Waals surface area contributed by atoms with Crippen molar-refractivity contribution in [3.05, 3.63) is 189 Å². The van der Waals surface area contributed by atoms with Gasteiger partial charge in [-0.1, -0.05) is 172 Å². The molecule has 1 aliphatic rings. The van der Waals surface area contributed by atoms with E-state index in [9.17, 15) is 0 Å². The van der Waals surface area contributed by atoms with Crippen LogP contribution in [-0.2, 0) is 0 Å². The SMILES string of the molecule is CC(C)[Si](/C=C1/C(/C(=C/C=C(c2ccccc2)c2ccccc2)c2ccc(Nc3ccc(Br)cc3)cc2)=Cc2ccccc21)(C(C)C)C(C)C. The minimum Gasteiger partial charge on any atom is -0.356 e. The lowest BCUT2D eigenvalue weighted by molar-refractivity contribution is 0.833. The van der Waals surface area contributed by atoms with Crippen LogP contribution in [0.2, 0.25) is 16.6 Å². The van der Waals surface area contributed by atoms with Crippen LogP contribution in [0.4, 0.5) is 11.4 Å². The van der Waals surface area contributed by atoms with E-state index in [1.54, 1.807) is 0 Å². The fourth-order valence-electron chi connectivity index (χ4n) is 7.91. The molecule has 0 unspecified atom stereocenters. The summed E-state index contributed by atoms with van der Waals surface area (Å²) in [5.41, 5.74) is 18.1. The predicted octanol–water partition coefficient (Wildman–Crippen LogP) is 14.4. The van der Waals surface area contributed by atoms with Crippen LogP contribution in [0.3, 0.4) is 0 Å². The summed E-state index contributed by atoms with van der Waals surface area (Å²) < 4.78 is 1.07. The third-order valence-electron chi connectivity index (χ3n) is 10.4. The smallest absolute Gasteiger partial charge is 0.0861 e. The Bertz CT molecular complexity index is 1970. The van der Waals surface area contributed by atoms with E-state index in [1.165, 1.54) is 50.1 Å². The maximum absolute atomic E-state index is 3.58. The molecule has 252 valence electrons. The zero-order chi connectivity index (χ0) is 35.3. The predicted molar refractivity (Wildman–Crippen MR) is 225 cm³/mol. The number of fused-ring (bicyclic) bond motifs is 1. The number of hydrogen-bond acceptors (Lipinski definition) is 1. The molecule has 3 heteroatoms. The standard InChI is InChI=1S/C47H48BrNSi/c1-33(2)50(34(3)4,35(5)6)32-47-44-20-14-13-19-39(44)31-46(47)45(38-21-25-41(26-22-38)49-42-27-23-40(48)24-28-42)30-29-43(36-15-9-7-10-16-36)37-17-11-8-12-18-37/h7-35,49H,1-6H3/b45-30+,47-32+. The van der Waals surface area contributed by atoms with Gasteiger partial charge in [-0.15, -0.1) is 0 Å². The molecule has 0 amide bonds. The number of benzene rings is 5. The summed E-state index contributed by atoms with van der Waals surface area (Å²) in [6.45, 7) is 14.7. The topological polar surface area (TPSA) is 12.0 Å². The Balaban J connectivity index is 1.55. The molecule has 1 aliphatic carbocycles. The lowest BCUT2D eigenvalue weighted by atomic mass is 9.91. The van der Waals surface area contributed by atoms with E-state index in [2.05, 4.69) is 220 Å². The van der Waals surface area contributed by atoms with Crippen LogP contribution in [-0.4, -0.2) is 8.07 Å². The van der Waals surface area contributed by atoms with E-state index >= 15 is 0 Å². The van der Waals surface area contributed by atoms with Crippen LogP contribution in [0.1, 0.15) is 69.4 Å². The zero-order valence-corrected chi connectivity index (χ0v) is 32.7. The summed E-state index contributed by atoms with van der Waals surface area (Å²) >= 11 is 3.55. The molecule has 0 saturated carbocycles. The van der Waals surface area contributed by atoms with Crippen molar-refractivity contribution in [2.75, 3.05) is 5.32 Å². The number of nitrogens with one attached hydrogen (secondary N) is 1. The van der Waals surface area contributed by atoms with Gasteiger partial charge in [-0.25, -0.2) is 0 Å². The van der Waals surface area contributed by atoms with Gasteiger partial charge in [0.25, 0.3) is 0 Å². The van der Waals surface area contributed by atoms with Gasteiger partial charge in [0.05, 0.1) is 8.07 Å². The van der Waals surface area contributed by atoms with Crippen molar-refractivity contribution in [3.8, 4) is 0 Å². The van der Waals surface area contributed by atoms with Crippen molar-refractivity contribution in [3.63, 3.8) is 0 Å². The zero-order valence-electron chi connectivity index (χ0n) is 30.1. The number of rotatable bonds is 11. The monoisotopic (exact) mass is 733 g/mol. The van der Waals surface area contributed by atoms with Crippen LogP contribution < -0.4 is 5.32 Å².